The van der Waals surface area contributed by atoms with E-state index in [2.05, 4.69) is 10.3 Å². The molecule has 1 aromatic heterocycles. The molecule has 1 aliphatic rings. The van der Waals surface area contributed by atoms with Gasteiger partial charge in [0.1, 0.15) is 5.52 Å². The average Bonchev–Trinajstić information content (AvgIpc) is 3.14. The summed E-state index contributed by atoms with van der Waals surface area (Å²) >= 11 is 0. The maximum atomic E-state index is 12.3. The van der Waals surface area contributed by atoms with E-state index in [0.29, 0.717) is 35.5 Å². The van der Waals surface area contributed by atoms with Crippen LogP contribution < -0.4 is 5.32 Å². The second kappa shape index (κ2) is 6.26. The molecule has 6 heteroatoms. The van der Waals surface area contributed by atoms with Crippen molar-refractivity contribution in [1.82, 2.24) is 4.98 Å². The molecule has 1 fully saturated rings. The molecule has 0 spiro atoms. The van der Waals surface area contributed by atoms with E-state index in [1.54, 1.807) is 18.2 Å². The van der Waals surface area contributed by atoms with Crippen molar-refractivity contribution in [3.8, 4) is 0 Å². The van der Waals surface area contributed by atoms with Gasteiger partial charge in [-0.15, -0.1) is 0 Å². The first kappa shape index (κ1) is 16.5. The van der Waals surface area contributed by atoms with Crippen molar-refractivity contribution in [3.63, 3.8) is 0 Å². The van der Waals surface area contributed by atoms with Crippen LogP contribution in [0.1, 0.15) is 57.8 Å². The van der Waals surface area contributed by atoms with Gasteiger partial charge in [-0.2, -0.15) is 0 Å². The molecule has 0 bridgehead atoms. The van der Waals surface area contributed by atoms with Crippen molar-refractivity contribution in [2.24, 2.45) is 5.41 Å². The van der Waals surface area contributed by atoms with E-state index in [-0.39, 0.29) is 18.2 Å². The second-order valence-corrected chi connectivity index (χ2v) is 6.91. The number of carboxylic acids is 1. The minimum Gasteiger partial charge on any atom is -0.481 e. The maximum Gasteiger partial charge on any atom is 0.310 e. The third kappa shape index (κ3) is 3.13. The molecule has 24 heavy (non-hydrogen) atoms. The molecule has 3 rings (SSSR count). The van der Waals surface area contributed by atoms with Gasteiger partial charge in [-0.05, 0) is 31.0 Å². The number of hydrogen-bond donors (Lipinski definition) is 2. The Morgan fingerprint density at radius 2 is 2.04 bits per heavy atom. The number of aliphatic carboxylic acids is 1. The van der Waals surface area contributed by atoms with Crippen molar-refractivity contribution in [1.29, 1.82) is 0 Å². The Hall–Kier alpha value is -2.37. The number of carboxylic acid groups (broad SMARTS) is 1. The highest BCUT2D eigenvalue weighted by Crippen LogP contribution is 2.41. The molecule has 1 amide bonds. The summed E-state index contributed by atoms with van der Waals surface area (Å²) in [5, 5.41) is 12.3. The lowest BCUT2D eigenvalue weighted by Crippen LogP contribution is -2.32. The van der Waals surface area contributed by atoms with Crippen molar-refractivity contribution in [2.45, 2.75) is 51.9 Å². The number of aromatic nitrogens is 1. The van der Waals surface area contributed by atoms with Crippen LogP contribution in [0, 0.1) is 5.41 Å². The average molecular weight is 330 g/mol. The summed E-state index contributed by atoms with van der Waals surface area (Å²) < 4.78 is 5.64. The summed E-state index contributed by atoms with van der Waals surface area (Å²) in [6.45, 7) is 4.00. The van der Waals surface area contributed by atoms with Crippen molar-refractivity contribution >= 4 is 28.7 Å². The Balaban J connectivity index is 1.74. The zero-order valence-corrected chi connectivity index (χ0v) is 14.0. The lowest BCUT2D eigenvalue weighted by Gasteiger charge is -2.22. The second-order valence-electron chi connectivity index (χ2n) is 6.91. The van der Waals surface area contributed by atoms with Crippen LogP contribution in [0.4, 0.5) is 5.69 Å². The van der Waals surface area contributed by atoms with Crippen molar-refractivity contribution < 1.29 is 19.1 Å². The fourth-order valence-electron chi connectivity index (χ4n) is 3.30. The van der Waals surface area contributed by atoms with Gasteiger partial charge in [0, 0.05) is 18.0 Å². The van der Waals surface area contributed by atoms with Crippen LogP contribution in [0.25, 0.3) is 11.1 Å². The lowest BCUT2D eigenvalue weighted by molar-refractivity contribution is -0.150. The molecule has 1 aliphatic carbocycles. The smallest absolute Gasteiger partial charge is 0.310 e. The molecule has 6 nitrogen and oxygen atoms in total. The minimum absolute atomic E-state index is 0.0103. The molecular weight excluding hydrogens is 308 g/mol. The van der Waals surface area contributed by atoms with Gasteiger partial charge < -0.3 is 14.8 Å². The van der Waals surface area contributed by atoms with Gasteiger partial charge in [0.2, 0.25) is 5.91 Å². The monoisotopic (exact) mass is 330 g/mol. The molecule has 1 aromatic carbocycles. The number of amides is 1. The van der Waals surface area contributed by atoms with Crippen LogP contribution in [0.3, 0.4) is 0 Å². The first-order valence-electron chi connectivity index (χ1n) is 8.33. The minimum atomic E-state index is -0.910. The summed E-state index contributed by atoms with van der Waals surface area (Å²) in [6.07, 6.45) is 2.87. The van der Waals surface area contributed by atoms with Crippen LogP contribution in [-0.2, 0) is 9.59 Å². The predicted octanol–water partition coefficient (Wildman–Crippen LogP) is 3.92. The third-order valence-electron chi connectivity index (χ3n) is 4.70. The first-order valence-corrected chi connectivity index (χ1v) is 8.33. The molecule has 2 N–H and O–H groups in total. The number of hydrogen-bond acceptors (Lipinski definition) is 4. The highest BCUT2D eigenvalue weighted by atomic mass is 16.4. The molecule has 1 heterocycles. The zero-order valence-electron chi connectivity index (χ0n) is 14.0. The normalized spacial score (nSPS) is 16.6. The van der Waals surface area contributed by atoms with E-state index < -0.39 is 11.4 Å². The van der Waals surface area contributed by atoms with Gasteiger partial charge in [-0.1, -0.05) is 26.7 Å². The van der Waals surface area contributed by atoms with Gasteiger partial charge in [0.25, 0.3) is 0 Å². The van der Waals surface area contributed by atoms with Crippen molar-refractivity contribution in [2.75, 3.05) is 5.32 Å². The molecule has 0 radical (unpaired) electrons. The fraction of sp³-hybridized carbons (Fsp3) is 0.500. The maximum absolute atomic E-state index is 12.3. The standard InChI is InChI=1S/C18H22N2O4/c1-11(2)16-20-13-9-12(5-6-14(13)24-16)19-15(21)10-18(17(22)23)7-3-4-8-18/h5-6,9,11H,3-4,7-8,10H2,1-2H3,(H,19,21)(H,22,23). The van der Waals surface area contributed by atoms with Crippen LogP contribution in [0.5, 0.6) is 0 Å². The van der Waals surface area contributed by atoms with Gasteiger partial charge in [-0.25, -0.2) is 4.98 Å². The van der Waals surface area contributed by atoms with Crippen LogP contribution in [0.2, 0.25) is 0 Å². The molecule has 0 aliphatic heterocycles. The van der Waals surface area contributed by atoms with Gasteiger partial charge in [0.05, 0.1) is 5.41 Å². The van der Waals surface area contributed by atoms with E-state index in [9.17, 15) is 14.7 Å². The summed E-state index contributed by atoms with van der Waals surface area (Å²) in [5.41, 5.74) is 1.06. The summed E-state index contributed by atoms with van der Waals surface area (Å²) in [5.74, 6) is -0.299. The summed E-state index contributed by atoms with van der Waals surface area (Å²) in [6, 6.07) is 5.27. The molecule has 0 unspecified atom stereocenters. The topological polar surface area (TPSA) is 92.4 Å². The molecular formula is C18H22N2O4. The molecule has 0 saturated heterocycles. The van der Waals surface area contributed by atoms with Crippen molar-refractivity contribution in [3.05, 3.63) is 24.1 Å². The Labute approximate surface area is 140 Å². The Bertz CT molecular complexity index is 772. The highest BCUT2D eigenvalue weighted by molar-refractivity contribution is 5.95. The number of carbonyl (C=O) groups is 2. The summed E-state index contributed by atoms with van der Waals surface area (Å²) in [4.78, 5) is 28.3. The van der Waals surface area contributed by atoms with E-state index in [4.69, 9.17) is 4.42 Å². The molecule has 0 atom stereocenters. The quantitative estimate of drug-likeness (QED) is 0.866. The Morgan fingerprint density at radius 3 is 2.67 bits per heavy atom. The highest BCUT2D eigenvalue weighted by Gasteiger charge is 2.42. The van der Waals surface area contributed by atoms with Crippen LogP contribution in [0.15, 0.2) is 22.6 Å². The first-order chi connectivity index (χ1) is 11.4. The molecule has 2 aromatic rings. The number of anilines is 1. The number of rotatable bonds is 5. The zero-order chi connectivity index (χ0) is 17.3. The van der Waals surface area contributed by atoms with Gasteiger partial charge in [0.15, 0.2) is 11.5 Å². The largest absolute Gasteiger partial charge is 0.481 e. The number of oxazole rings is 1. The third-order valence-corrected chi connectivity index (χ3v) is 4.70. The van der Waals surface area contributed by atoms with Gasteiger partial charge >= 0.3 is 5.97 Å². The number of nitrogens with one attached hydrogen (secondary N) is 1. The number of carbonyl (C=O) groups excluding carboxylic acids is 1. The van der Waals surface area contributed by atoms with E-state index in [0.717, 1.165) is 12.8 Å². The Kier molecular flexibility index (Phi) is 4.30. The van der Waals surface area contributed by atoms with Gasteiger partial charge in [-0.3, -0.25) is 9.59 Å². The molecule has 1 saturated carbocycles. The van der Waals surface area contributed by atoms with E-state index >= 15 is 0 Å². The SMILES string of the molecule is CC(C)c1nc2cc(NC(=O)CC3(C(=O)O)CCCC3)ccc2o1. The predicted molar refractivity (Wildman–Crippen MR) is 89.9 cm³/mol. The fourth-order valence-corrected chi connectivity index (χ4v) is 3.30. The number of benzene rings is 1. The number of nitrogens with zero attached hydrogens (tertiary/aromatic N) is 1. The van der Waals surface area contributed by atoms with Crippen LogP contribution in [-0.4, -0.2) is 22.0 Å². The summed E-state index contributed by atoms with van der Waals surface area (Å²) in [7, 11) is 0. The number of fused-ring (bicyclic) bond motifs is 1. The lowest BCUT2D eigenvalue weighted by atomic mass is 9.82. The molecule has 128 valence electrons. The van der Waals surface area contributed by atoms with E-state index in [1.807, 2.05) is 13.8 Å². The van der Waals surface area contributed by atoms with E-state index in [1.165, 1.54) is 0 Å². The Morgan fingerprint density at radius 1 is 1.33 bits per heavy atom. The van der Waals surface area contributed by atoms with Crippen LogP contribution >= 0.6 is 0 Å².